The Kier molecular flexibility index (Phi) is 8.22. The molecule has 0 unspecified atom stereocenters. The van der Waals surface area contributed by atoms with Gasteiger partial charge in [0.25, 0.3) is 0 Å². The highest BCUT2D eigenvalue weighted by molar-refractivity contribution is 6.42. The number of benzene rings is 2. The minimum atomic E-state index is -0.599. The first-order valence-electron chi connectivity index (χ1n) is 10.5. The lowest BCUT2D eigenvalue weighted by molar-refractivity contribution is -0.140. The Bertz CT molecular complexity index is 912. The molecule has 0 aromatic heterocycles. The molecule has 1 saturated carbocycles. The molecule has 0 heterocycles. The fourth-order valence-corrected chi connectivity index (χ4v) is 4.15. The minimum absolute atomic E-state index is 0.122. The van der Waals surface area contributed by atoms with Crippen LogP contribution in [0.2, 0.25) is 10.0 Å². The van der Waals surface area contributed by atoms with Crippen molar-refractivity contribution in [1.82, 2.24) is 10.2 Å². The summed E-state index contributed by atoms with van der Waals surface area (Å²) in [7, 11) is 1.61. The van der Waals surface area contributed by atoms with E-state index in [0.717, 1.165) is 42.6 Å². The second-order valence-corrected chi connectivity index (χ2v) is 8.78. The van der Waals surface area contributed by atoms with Gasteiger partial charge in [-0.1, -0.05) is 54.2 Å². The van der Waals surface area contributed by atoms with Gasteiger partial charge in [0.15, 0.2) is 0 Å². The summed E-state index contributed by atoms with van der Waals surface area (Å²) in [6, 6.07) is 12.2. The first-order valence-corrected chi connectivity index (χ1v) is 11.3. The number of amides is 2. The molecule has 31 heavy (non-hydrogen) atoms. The number of hydrogen-bond donors (Lipinski definition) is 1. The summed E-state index contributed by atoms with van der Waals surface area (Å²) in [4.78, 5) is 27.8. The standard InChI is InChI=1S/C24H28Cl2N2O3/c1-16(24(30)27-19-5-3-4-6-19)28(15-17-7-10-20(31-2)11-8-17)23(29)14-18-9-12-21(25)22(26)13-18/h7-13,16,19H,3-6,14-15H2,1-2H3,(H,27,30)/t16-/m0/s1. The average Bonchev–Trinajstić information content (AvgIpc) is 3.27. The SMILES string of the molecule is COc1ccc(CN(C(=O)Cc2ccc(Cl)c(Cl)c2)[C@@H](C)C(=O)NC2CCCC2)cc1. The van der Waals surface area contributed by atoms with E-state index in [2.05, 4.69) is 5.32 Å². The summed E-state index contributed by atoms with van der Waals surface area (Å²) >= 11 is 12.1. The van der Waals surface area contributed by atoms with Gasteiger partial charge in [0, 0.05) is 12.6 Å². The molecule has 2 aromatic carbocycles. The summed E-state index contributed by atoms with van der Waals surface area (Å²) < 4.78 is 5.21. The molecule has 5 nitrogen and oxygen atoms in total. The van der Waals surface area contributed by atoms with Crippen molar-refractivity contribution < 1.29 is 14.3 Å². The Morgan fingerprint density at radius 3 is 2.32 bits per heavy atom. The zero-order valence-corrected chi connectivity index (χ0v) is 19.4. The van der Waals surface area contributed by atoms with Gasteiger partial charge in [0.2, 0.25) is 11.8 Å². The lowest BCUT2D eigenvalue weighted by Crippen LogP contribution is -2.50. The van der Waals surface area contributed by atoms with E-state index in [1.807, 2.05) is 24.3 Å². The summed E-state index contributed by atoms with van der Waals surface area (Å²) in [6.45, 7) is 2.10. The number of hydrogen-bond acceptors (Lipinski definition) is 3. The third-order valence-corrected chi connectivity index (χ3v) is 6.46. The molecule has 1 atom stereocenters. The Hall–Kier alpha value is -2.24. The molecule has 1 aliphatic rings. The van der Waals surface area contributed by atoms with Crippen LogP contribution in [0.1, 0.15) is 43.7 Å². The summed E-state index contributed by atoms with van der Waals surface area (Å²) in [5.74, 6) is 0.468. The fraction of sp³-hybridized carbons (Fsp3) is 0.417. The highest BCUT2D eigenvalue weighted by Gasteiger charge is 2.28. The van der Waals surface area contributed by atoms with Crippen molar-refractivity contribution in [1.29, 1.82) is 0 Å². The molecule has 0 bridgehead atoms. The number of methoxy groups -OCH3 is 1. The van der Waals surface area contributed by atoms with Gasteiger partial charge in [-0.3, -0.25) is 9.59 Å². The highest BCUT2D eigenvalue weighted by atomic mass is 35.5. The predicted octanol–water partition coefficient (Wildman–Crippen LogP) is 5.02. The highest BCUT2D eigenvalue weighted by Crippen LogP contribution is 2.24. The Labute approximate surface area is 193 Å². The molecule has 166 valence electrons. The number of halogens is 2. The van der Waals surface area contributed by atoms with Crippen molar-refractivity contribution in [3.8, 4) is 5.75 Å². The maximum atomic E-state index is 13.3. The molecule has 1 fully saturated rings. The van der Waals surface area contributed by atoms with Gasteiger partial charge in [-0.15, -0.1) is 0 Å². The molecule has 3 rings (SSSR count). The summed E-state index contributed by atoms with van der Waals surface area (Å²) in [6.07, 6.45) is 4.38. The molecule has 2 amide bonds. The van der Waals surface area contributed by atoms with Crippen LogP contribution in [-0.2, 0) is 22.6 Å². The molecular weight excluding hydrogens is 435 g/mol. The second kappa shape index (κ2) is 10.9. The van der Waals surface area contributed by atoms with Gasteiger partial charge in [-0.25, -0.2) is 0 Å². The zero-order chi connectivity index (χ0) is 22.4. The molecule has 0 radical (unpaired) electrons. The van der Waals surface area contributed by atoms with Crippen LogP contribution in [-0.4, -0.2) is 35.9 Å². The van der Waals surface area contributed by atoms with Crippen LogP contribution in [0.5, 0.6) is 5.75 Å². The minimum Gasteiger partial charge on any atom is -0.497 e. The van der Waals surface area contributed by atoms with E-state index in [0.29, 0.717) is 16.6 Å². The molecule has 1 aliphatic carbocycles. The molecule has 7 heteroatoms. The first kappa shape index (κ1) is 23.4. The quantitative estimate of drug-likeness (QED) is 0.598. The van der Waals surface area contributed by atoms with Crippen molar-refractivity contribution in [2.45, 2.75) is 57.7 Å². The normalized spacial score (nSPS) is 14.8. The molecule has 0 aliphatic heterocycles. The van der Waals surface area contributed by atoms with Gasteiger partial charge >= 0.3 is 0 Å². The van der Waals surface area contributed by atoms with Gasteiger partial charge in [0.05, 0.1) is 23.6 Å². The van der Waals surface area contributed by atoms with Gasteiger partial charge < -0.3 is 15.0 Å². The van der Waals surface area contributed by atoms with Crippen molar-refractivity contribution in [2.75, 3.05) is 7.11 Å². The number of nitrogens with zero attached hydrogens (tertiary/aromatic N) is 1. The Balaban J connectivity index is 1.77. The van der Waals surface area contributed by atoms with E-state index < -0.39 is 6.04 Å². The van der Waals surface area contributed by atoms with E-state index in [1.165, 1.54) is 0 Å². The number of rotatable bonds is 8. The van der Waals surface area contributed by atoms with E-state index in [1.54, 1.807) is 37.1 Å². The van der Waals surface area contributed by atoms with Crippen molar-refractivity contribution >= 4 is 35.0 Å². The third-order valence-electron chi connectivity index (χ3n) is 5.72. The number of ether oxygens (including phenoxy) is 1. The zero-order valence-electron chi connectivity index (χ0n) is 17.9. The molecule has 0 spiro atoms. The molecule has 0 saturated heterocycles. The molecule has 2 aromatic rings. The van der Waals surface area contributed by atoms with Crippen LogP contribution in [0.3, 0.4) is 0 Å². The van der Waals surface area contributed by atoms with Crippen LogP contribution in [0.4, 0.5) is 0 Å². The summed E-state index contributed by atoms with van der Waals surface area (Å²) in [5.41, 5.74) is 1.67. The molecular formula is C24H28Cl2N2O3. The average molecular weight is 463 g/mol. The maximum absolute atomic E-state index is 13.3. The van der Waals surface area contributed by atoms with Gasteiger partial charge in [-0.2, -0.15) is 0 Å². The van der Waals surface area contributed by atoms with Crippen molar-refractivity contribution in [3.05, 3.63) is 63.6 Å². The second-order valence-electron chi connectivity index (χ2n) is 7.96. The van der Waals surface area contributed by atoms with Crippen LogP contribution in [0.15, 0.2) is 42.5 Å². The van der Waals surface area contributed by atoms with Crippen LogP contribution < -0.4 is 10.1 Å². The number of carbonyl (C=O) groups is 2. The lowest BCUT2D eigenvalue weighted by Gasteiger charge is -2.30. The number of nitrogens with one attached hydrogen (secondary N) is 1. The largest absolute Gasteiger partial charge is 0.497 e. The summed E-state index contributed by atoms with van der Waals surface area (Å²) in [5, 5.41) is 3.95. The van der Waals surface area contributed by atoms with Crippen LogP contribution in [0, 0.1) is 0 Å². The van der Waals surface area contributed by atoms with Gasteiger partial charge in [-0.05, 0) is 55.2 Å². The Morgan fingerprint density at radius 2 is 1.71 bits per heavy atom. The Morgan fingerprint density at radius 1 is 1.06 bits per heavy atom. The van der Waals surface area contributed by atoms with Gasteiger partial charge in [0.1, 0.15) is 11.8 Å². The van der Waals surface area contributed by atoms with E-state index >= 15 is 0 Å². The van der Waals surface area contributed by atoms with E-state index in [-0.39, 0.29) is 24.3 Å². The number of carbonyl (C=O) groups excluding carboxylic acids is 2. The van der Waals surface area contributed by atoms with Crippen LogP contribution >= 0.6 is 23.2 Å². The van der Waals surface area contributed by atoms with E-state index in [4.69, 9.17) is 27.9 Å². The third kappa shape index (κ3) is 6.37. The topological polar surface area (TPSA) is 58.6 Å². The predicted molar refractivity (Wildman–Crippen MR) is 124 cm³/mol. The monoisotopic (exact) mass is 462 g/mol. The van der Waals surface area contributed by atoms with E-state index in [9.17, 15) is 9.59 Å². The lowest BCUT2D eigenvalue weighted by atomic mass is 10.1. The van der Waals surface area contributed by atoms with Crippen molar-refractivity contribution in [3.63, 3.8) is 0 Å². The van der Waals surface area contributed by atoms with Crippen molar-refractivity contribution in [2.24, 2.45) is 0 Å². The first-order chi connectivity index (χ1) is 14.9. The smallest absolute Gasteiger partial charge is 0.242 e. The van der Waals surface area contributed by atoms with Crippen LogP contribution in [0.25, 0.3) is 0 Å². The fourth-order valence-electron chi connectivity index (χ4n) is 3.83. The maximum Gasteiger partial charge on any atom is 0.242 e. The molecule has 1 N–H and O–H groups in total.